The molecule has 0 amide bonds. The minimum atomic E-state index is -4.76. The summed E-state index contributed by atoms with van der Waals surface area (Å²) in [6.45, 7) is 5.69. The molecule has 0 aliphatic rings. The number of alkyl halides is 4. The molecule has 0 saturated carbocycles. The molecule has 0 aromatic heterocycles. The predicted octanol–water partition coefficient (Wildman–Crippen LogP) is 3.52. The Morgan fingerprint density at radius 3 is 1.83 bits per heavy atom. The van der Waals surface area contributed by atoms with Crippen molar-refractivity contribution in [2.45, 2.75) is 17.4 Å². The zero-order valence-corrected chi connectivity index (χ0v) is 9.41. The van der Waals surface area contributed by atoms with E-state index in [1.807, 2.05) is 0 Å². The minimum Gasteiger partial charge on any atom is -0.375 e. The smallest absolute Gasteiger partial charge is 0.349 e. The van der Waals surface area contributed by atoms with E-state index in [0.717, 1.165) is 12.1 Å². The summed E-state index contributed by atoms with van der Waals surface area (Å²) in [6.07, 6.45) is 0.212. The van der Waals surface area contributed by atoms with Gasteiger partial charge in [0, 0.05) is 0 Å². The lowest BCUT2D eigenvalue weighted by Gasteiger charge is -2.37. The third kappa shape index (κ3) is 1.95. The van der Waals surface area contributed by atoms with Crippen LogP contribution in [0.25, 0.3) is 0 Å². The first-order valence-corrected chi connectivity index (χ1v) is 5.03. The number of halogens is 4. The molecule has 0 heterocycles. The molecular formula is C13H12F4O. The van der Waals surface area contributed by atoms with Crippen molar-refractivity contribution in [2.24, 2.45) is 0 Å². The van der Waals surface area contributed by atoms with E-state index in [2.05, 4.69) is 13.2 Å². The first kappa shape index (κ1) is 14.4. The van der Waals surface area contributed by atoms with E-state index in [1.165, 1.54) is 18.2 Å². The number of allylic oxidation sites excluding steroid dienone is 1. The van der Waals surface area contributed by atoms with E-state index in [0.29, 0.717) is 6.08 Å². The topological polar surface area (TPSA) is 20.2 Å². The molecule has 0 bridgehead atoms. The van der Waals surface area contributed by atoms with Gasteiger partial charge < -0.3 is 5.11 Å². The standard InChI is InChI=1S/C13H12F4O/c1-3-11(18,10-8-6-5-7-9-10)13(16,17)12(14,15)4-2/h3-9,18H,1-2H2. The zero-order chi connectivity index (χ0) is 14.0. The Morgan fingerprint density at radius 1 is 0.944 bits per heavy atom. The van der Waals surface area contributed by atoms with Gasteiger partial charge in [0.05, 0.1) is 0 Å². The minimum absolute atomic E-state index is 0.190. The quantitative estimate of drug-likeness (QED) is 0.634. The molecule has 0 radical (unpaired) electrons. The van der Waals surface area contributed by atoms with Crippen LogP contribution in [0.15, 0.2) is 55.6 Å². The third-order valence-electron chi connectivity index (χ3n) is 2.66. The maximum Gasteiger partial charge on any atom is 0.349 e. The SMILES string of the molecule is C=CC(F)(F)C(F)(F)C(O)(C=C)c1ccccc1. The maximum absolute atomic E-state index is 13.8. The lowest BCUT2D eigenvalue weighted by Crippen LogP contribution is -2.54. The summed E-state index contributed by atoms with van der Waals surface area (Å²) in [5, 5.41) is 9.89. The second kappa shape index (κ2) is 4.57. The zero-order valence-electron chi connectivity index (χ0n) is 9.41. The second-order valence-corrected chi connectivity index (χ2v) is 3.74. The van der Waals surface area contributed by atoms with E-state index < -0.39 is 17.4 Å². The maximum atomic E-state index is 13.8. The molecule has 1 nitrogen and oxygen atoms in total. The normalized spacial score (nSPS) is 15.8. The largest absolute Gasteiger partial charge is 0.375 e. The van der Waals surface area contributed by atoms with Crippen LogP contribution in [0.5, 0.6) is 0 Å². The Bertz CT molecular complexity index is 442. The van der Waals surface area contributed by atoms with Crippen LogP contribution in [0.2, 0.25) is 0 Å². The average molecular weight is 260 g/mol. The first-order chi connectivity index (χ1) is 8.23. The van der Waals surface area contributed by atoms with Crippen LogP contribution in [0.1, 0.15) is 5.56 Å². The molecule has 1 atom stereocenters. The number of aliphatic hydroxyl groups is 1. The molecule has 98 valence electrons. The summed E-state index contributed by atoms with van der Waals surface area (Å²) in [5.74, 6) is -9.32. The summed E-state index contributed by atoms with van der Waals surface area (Å²) in [5.41, 5.74) is -3.54. The van der Waals surface area contributed by atoms with Crippen LogP contribution in [-0.4, -0.2) is 17.0 Å². The number of rotatable bonds is 5. The average Bonchev–Trinajstić information content (AvgIpc) is 2.38. The van der Waals surface area contributed by atoms with Crippen LogP contribution in [0.3, 0.4) is 0 Å². The van der Waals surface area contributed by atoms with Crippen molar-refractivity contribution in [3.63, 3.8) is 0 Å². The molecule has 1 unspecified atom stereocenters. The number of hydrogen-bond acceptors (Lipinski definition) is 1. The Balaban J connectivity index is 3.41. The van der Waals surface area contributed by atoms with Gasteiger partial charge >= 0.3 is 11.8 Å². The van der Waals surface area contributed by atoms with Gasteiger partial charge in [0.25, 0.3) is 0 Å². The Labute approximate surface area is 102 Å². The lowest BCUT2D eigenvalue weighted by molar-refractivity contribution is -0.262. The van der Waals surface area contributed by atoms with Crippen molar-refractivity contribution in [3.8, 4) is 0 Å². The molecule has 5 heteroatoms. The second-order valence-electron chi connectivity index (χ2n) is 3.74. The van der Waals surface area contributed by atoms with Crippen LogP contribution < -0.4 is 0 Å². The molecule has 0 fully saturated rings. The van der Waals surface area contributed by atoms with E-state index >= 15 is 0 Å². The molecule has 1 aromatic rings. The summed E-state index contributed by atoms with van der Waals surface area (Å²) in [7, 11) is 0. The van der Waals surface area contributed by atoms with Gasteiger partial charge in [-0.3, -0.25) is 0 Å². The highest BCUT2D eigenvalue weighted by molar-refractivity contribution is 5.32. The highest BCUT2D eigenvalue weighted by Gasteiger charge is 2.66. The van der Waals surface area contributed by atoms with Gasteiger partial charge in [0.1, 0.15) is 0 Å². The number of benzene rings is 1. The predicted molar refractivity (Wildman–Crippen MR) is 60.6 cm³/mol. The lowest BCUT2D eigenvalue weighted by atomic mass is 9.84. The molecule has 0 aliphatic heterocycles. The Hall–Kier alpha value is -1.62. The van der Waals surface area contributed by atoms with Crippen LogP contribution in [0.4, 0.5) is 17.6 Å². The summed E-state index contributed by atoms with van der Waals surface area (Å²) >= 11 is 0. The van der Waals surface area contributed by atoms with Crippen molar-refractivity contribution in [1.29, 1.82) is 0 Å². The summed E-state index contributed by atoms with van der Waals surface area (Å²) < 4.78 is 54.0. The fraction of sp³-hybridized carbons (Fsp3) is 0.231. The number of hydrogen-bond donors (Lipinski definition) is 1. The molecule has 1 aromatic carbocycles. The Morgan fingerprint density at radius 2 is 1.44 bits per heavy atom. The molecule has 18 heavy (non-hydrogen) atoms. The summed E-state index contributed by atoms with van der Waals surface area (Å²) in [6, 6.07) is 6.46. The van der Waals surface area contributed by atoms with Crippen LogP contribution in [-0.2, 0) is 5.60 Å². The molecular weight excluding hydrogens is 248 g/mol. The van der Waals surface area contributed by atoms with Crippen molar-refractivity contribution < 1.29 is 22.7 Å². The van der Waals surface area contributed by atoms with E-state index in [4.69, 9.17) is 0 Å². The van der Waals surface area contributed by atoms with Crippen molar-refractivity contribution in [2.75, 3.05) is 0 Å². The van der Waals surface area contributed by atoms with E-state index in [9.17, 15) is 22.7 Å². The van der Waals surface area contributed by atoms with Crippen LogP contribution >= 0.6 is 0 Å². The van der Waals surface area contributed by atoms with Crippen LogP contribution in [0, 0.1) is 0 Å². The highest BCUT2D eigenvalue weighted by atomic mass is 19.3. The third-order valence-corrected chi connectivity index (χ3v) is 2.66. The van der Waals surface area contributed by atoms with Gasteiger partial charge in [0.15, 0.2) is 5.60 Å². The Kier molecular flexibility index (Phi) is 3.67. The van der Waals surface area contributed by atoms with Gasteiger partial charge in [-0.15, -0.1) is 0 Å². The monoisotopic (exact) mass is 260 g/mol. The molecule has 1 rings (SSSR count). The molecule has 0 spiro atoms. The van der Waals surface area contributed by atoms with Gasteiger partial charge in [-0.1, -0.05) is 43.5 Å². The van der Waals surface area contributed by atoms with Gasteiger partial charge in [0.2, 0.25) is 0 Å². The van der Waals surface area contributed by atoms with E-state index in [1.54, 1.807) is 0 Å². The highest BCUT2D eigenvalue weighted by Crippen LogP contribution is 2.48. The molecule has 0 aliphatic carbocycles. The van der Waals surface area contributed by atoms with Gasteiger partial charge in [-0.2, -0.15) is 17.6 Å². The fourth-order valence-electron chi connectivity index (χ4n) is 1.50. The van der Waals surface area contributed by atoms with Gasteiger partial charge in [-0.05, 0) is 17.7 Å². The van der Waals surface area contributed by atoms with Crippen molar-refractivity contribution in [3.05, 3.63) is 61.2 Å². The summed E-state index contributed by atoms with van der Waals surface area (Å²) in [4.78, 5) is 0. The van der Waals surface area contributed by atoms with Crippen molar-refractivity contribution >= 4 is 0 Å². The molecule has 0 saturated heterocycles. The first-order valence-electron chi connectivity index (χ1n) is 5.03. The fourth-order valence-corrected chi connectivity index (χ4v) is 1.50. The molecule has 1 N–H and O–H groups in total. The van der Waals surface area contributed by atoms with Gasteiger partial charge in [-0.25, -0.2) is 0 Å². The van der Waals surface area contributed by atoms with Crippen molar-refractivity contribution in [1.82, 2.24) is 0 Å². The van der Waals surface area contributed by atoms with E-state index in [-0.39, 0.29) is 11.6 Å².